The number of carbonyl (C=O) groups is 1. The summed E-state index contributed by atoms with van der Waals surface area (Å²) in [7, 11) is 4.30. The van der Waals surface area contributed by atoms with E-state index >= 15 is 0 Å². The molecule has 1 spiro atoms. The van der Waals surface area contributed by atoms with Crippen molar-refractivity contribution in [1.82, 2.24) is 9.80 Å². The van der Waals surface area contributed by atoms with Crippen LogP contribution in [0, 0.1) is 5.92 Å². The van der Waals surface area contributed by atoms with Crippen LogP contribution in [-0.4, -0.2) is 61.6 Å². The average molecular weight is 373 g/mol. The zero-order valence-electron chi connectivity index (χ0n) is 17.2. The number of piperidine rings is 1. The minimum atomic E-state index is 0.0377. The van der Waals surface area contributed by atoms with E-state index in [4.69, 9.17) is 4.74 Å². The Labute approximate surface area is 164 Å². The van der Waals surface area contributed by atoms with Gasteiger partial charge in [0.25, 0.3) is 0 Å². The number of carbonyl (C=O) groups excluding carboxylic acids is 1. The molecule has 2 heterocycles. The van der Waals surface area contributed by atoms with Crippen molar-refractivity contribution in [3.05, 3.63) is 35.9 Å². The van der Waals surface area contributed by atoms with Crippen LogP contribution in [0.3, 0.4) is 0 Å². The molecule has 2 aliphatic rings. The van der Waals surface area contributed by atoms with Crippen LogP contribution in [0.25, 0.3) is 0 Å². The summed E-state index contributed by atoms with van der Waals surface area (Å²) < 4.78 is 6.26. The van der Waals surface area contributed by atoms with Crippen molar-refractivity contribution in [3.63, 3.8) is 0 Å². The maximum absolute atomic E-state index is 12.6. The molecule has 1 aromatic carbocycles. The summed E-state index contributed by atoms with van der Waals surface area (Å²) in [6.45, 7) is 3.78. The highest BCUT2D eigenvalue weighted by atomic mass is 16.5. The van der Waals surface area contributed by atoms with Crippen LogP contribution in [0.15, 0.2) is 30.3 Å². The molecule has 1 amide bonds. The minimum Gasteiger partial charge on any atom is -0.375 e. The monoisotopic (exact) mass is 372 g/mol. The predicted molar refractivity (Wildman–Crippen MR) is 110 cm³/mol. The van der Waals surface area contributed by atoms with Crippen LogP contribution in [0.5, 0.6) is 0 Å². The maximum atomic E-state index is 12.6. The van der Waals surface area contributed by atoms with Gasteiger partial charge in [-0.15, -0.1) is 0 Å². The van der Waals surface area contributed by atoms with Gasteiger partial charge in [0.15, 0.2) is 0 Å². The molecule has 2 fully saturated rings. The van der Waals surface area contributed by atoms with Crippen LogP contribution >= 0.6 is 0 Å². The molecule has 3 rings (SSSR count). The number of hydrogen-bond acceptors (Lipinski definition) is 3. The number of aryl methyl sites for hydroxylation is 1. The third-order valence-electron chi connectivity index (χ3n) is 6.31. The second-order valence-electron chi connectivity index (χ2n) is 8.70. The Kier molecular flexibility index (Phi) is 7.31. The fourth-order valence-corrected chi connectivity index (χ4v) is 4.57. The van der Waals surface area contributed by atoms with Crippen molar-refractivity contribution >= 4 is 5.91 Å². The van der Waals surface area contributed by atoms with Gasteiger partial charge in [0.05, 0.1) is 5.60 Å². The molecule has 0 bridgehead atoms. The summed E-state index contributed by atoms with van der Waals surface area (Å²) in [5.74, 6) is 1.09. The molecule has 4 nitrogen and oxygen atoms in total. The van der Waals surface area contributed by atoms with Gasteiger partial charge in [-0.1, -0.05) is 30.3 Å². The summed E-state index contributed by atoms with van der Waals surface area (Å²) in [6, 6.07) is 10.5. The second kappa shape index (κ2) is 9.70. The predicted octanol–water partition coefficient (Wildman–Crippen LogP) is 3.75. The van der Waals surface area contributed by atoms with E-state index < -0.39 is 0 Å². The molecule has 1 atom stereocenters. The van der Waals surface area contributed by atoms with E-state index in [9.17, 15) is 4.79 Å². The van der Waals surface area contributed by atoms with E-state index in [2.05, 4.69) is 48.2 Å². The topological polar surface area (TPSA) is 32.8 Å². The summed E-state index contributed by atoms with van der Waals surface area (Å²) in [5, 5.41) is 0. The number of likely N-dealkylation sites (tertiary alicyclic amines) is 1. The lowest BCUT2D eigenvalue weighted by Crippen LogP contribution is -2.51. The quantitative estimate of drug-likeness (QED) is 0.731. The smallest absolute Gasteiger partial charge is 0.222 e. The molecule has 0 radical (unpaired) electrons. The first kappa shape index (κ1) is 20.3. The summed E-state index contributed by atoms with van der Waals surface area (Å²) in [6.07, 6.45) is 8.24. The number of amides is 1. The Morgan fingerprint density at radius 2 is 1.96 bits per heavy atom. The molecule has 1 aromatic rings. The molecular formula is C23H36N2O2. The normalized spacial score (nSPS) is 22.3. The fraction of sp³-hybridized carbons (Fsp3) is 0.696. The van der Waals surface area contributed by atoms with Gasteiger partial charge < -0.3 is 14.5 Å². The zero-order chi connectivity index (χ0) is 19.1. The Morgan fingerprint density at radius 3 is 2.67 bits per heavy atom. The number of nitrogens with zero attached hydrogens (tertiary/aromatic N) is 2. The third-order valence-corrected chi connectivity index (χ3v) is 6.31. The number of rotatable bonds is 7. The summed E-state index contributed by atoms with van der Waals surface area (Å²) in [5.41, 5.74) is 1.36. The summed E-state index contributed by atoms with van der Waals surface area (Å²) in [4.78, 5) is 16.9. The van der Waals surface area contributed by atoms with Crippen LogP contribution in [0.2, 0.25) is 0 Å². The maximum Gasteiger partial charge on any atom is 0.222 e. The van der Waals surface area contributed by atoms with Gasteiger partial charge in [-0.05, 0) is 77.1 Å². The van der Waals surface area contributed by atoms with Crippen molar-refractivity contribution in [2.24, 2.45) is 5.92 Å². The highest BCUT2D eigenvalue weighted by Gasteiger charge is 2.40. The van der Waals surface area contributed by atoms with E-state index in [-0.39, 0.29) is 5.60 Å². The molecule has 0 N–H and O–H groups in total. The Bertz CT molecular complexity index is 579. The van der Waals surface area contributed by atoms with Crippen LogP contribution in [0.4, 0.5) is 0 Å². The molecule has 0 aliphatic carbocycles. The van der Waals surface area contributed by atoms with Gasteiger partial charge in [0, 0.05) is 26.1 Å². The molecule has 4 heteroatoms. The number of ether oxygens (including phenoxy) is 1. The van der Waals surface area contributed by atoms with Gasteiger partial charge in [0.1, 0.15) is 0 Å². The van der Waals surface area contributed by atoms with Gasteiger partial charge >= 0.3 is 0 Å². The van der Waals surface area contributed by atoms with E-state index in [0.29, 0.717) is 12.3 Å². The SMILES string of the molecule is CN(C)CCC1CCOC2(CCN(C(=O)CCCc3ccccc3)CC2)C1. The van der Waals surface area contributed by atoms with E-state index in [1.54, 1.807) is 0 Å². The van der Waals surface area contributed by atoms with Crippen molar-refractivity contribution in [2.75, 3.05) is 40.3 Å². The molecule has 150 valence electrons. The Morgan fingerprint density at radius 1 is 1.22 bits per heavy atom. The molecule has 0 aromatic heterocycles. The van der Waals surface area contributed by atoms with Gasteiger partial charge in [0.2, 0.25) is 5.91 Å². The molecular weight excluding hydrogens is 336 g/mol. The zero-order valence-corrected chi connectivity index (χ0v) is 17.2. The number of hydrogen-bond donors (Lipinski definition) is 0. The first-order valence-corrected chi connectivity index (χ1v) is 10.7. The van der Waals surface area contributed by atoms with E-state index in [0.717, 1.165) is 57.8 Å². The largest absolute Gasteiger partial charge is 0.375 e. The highest BCUT2D eigenvalue weighted by molar-refractivity contribution is 5.76. The standard InChI is InChI=1S/C23H36N2O2/c1-24(2)15-11-21-12-18-27-23(19-21)13-16-25(17-14-23)22(26)10-6-9-20-7-4-3-5-8-20/h3-5,7-8,21H,6,9-19H2,1-2H3. The van der Waals surface area contributed by atoms with Crippen molar-refractivity contribution in [3.8, 4) is 0 Å². The number of benzene rings is 1. The summed E-state index contributed by atoms with van der Waals surface area (Å²) >= 11 is 0. The van der Waals surface area contributed by atoms with Crippen molar-refractivity contribution < 1.29 is 9.53 Å². The van der Waals surface area contributed by atoms with Crippen LogP contribution < -0.4 is 0 Å². The third kappa shape index (κ3) is 6.05. The van der Waals surface area contributed by atoms with Gasteiger partial charge in [-0.2, -0.15) is 0 Å². The average Bonchev–Trinajstić information content (AvgIpc) is 2.68. The fourth-order valence-electron chi connectivity index (χ4n) is 4.57. The lowest BCUT2D eigenvalue weighted by atomic mass is 9.78. The highest BCUT2D eigenvalue weighted by Crippen LogP contribution is 2.38. The minimum absolute atomic E-state index is 0.0377. The van der Waals surface area contributed by atoms with Crippen molar-refractivity contribution in [1.29, 1.82) is 0 Å². The Balaban J connectivity index is 1.40. The van der Waals surface area contributed by atoms with Gasteiger partial charge in [-0.25, -0.2) is 0 Å². The molecule has 1 unspecified atom stereocenters. The molecule has 2 saturated heterocycles. The lowest BCUT2D eigenvalue weighted by Gasteiger charge is -2.46. The van der Waals surface area contributed by atoms with Crippen molar-refractivity contribution in [2.45, 2.75) is 57.0 Å². The lowest BCUT2D eigenvalue weighted by molar-refractivity contribution is -0.147. The molecule has 27 heavy (non-hydrogen) atoms. The molecule has 2 aliphatic heterocycles. The van der Waals surface area contributed by atoms with Crippen LogP contribution in [-0.2, 0) is 16.0 Å². The first-order chi connectivity index (χ1) is 13.1. The van der Waals surface area contributed by atoms with Gasteiger partial charge in [-0.3, -0.25) is 4.79 Å². The Hall–Kier alpha value is -1.39. The molecule has 0 saturated carbocycles. The van der Waals surface area contributed by atoms with Crippen LogP contribution in [0.1, 0.15) is 50.5 Å². The van der Waals surface area contributed by atoms with E-state index in [1.807, 2.05) is 6.07 Å². The second-order valence-corrected chi connectivity index (χ2v) is 8.70. The van der Waals surface area contributed by atoms with E-state index in [1.165, 1.54) is 24.8 Å². The first-order valence-electron chi connectivity index (χ1n) is 10.7.